The van der Waals surface area contributed by atoms with Gasteiger partial charge in [-0.2, -0.15) is 4.31 Å². The topological polar surface area (TPSA) is 67.7 Å². The minimum atomic E-state index is -3.49. The number of imidazole rings is 1. The fraction of sp³-hybridized carbons (Fsp3) is 0.519. The Morgan fingerprint density at radius 3 is 2.54 bits per heavy atom. The second-order valence-corrected chi connectivity index (χ2v) is 11.6. The summed E-state index contributed by atoms with van der Waals surface area (Å²) in [6.45, 7) is 7.31. The third kappa shape index (κ3) is 5.45. The van der Waals surface area contributed by atoms with Gasteiger partial charge >= 0.3 is 0 Å². The van der Waals surface area contributed by atoms with Gasteiger partial charge in [-0.15, -0.1) is 0 Å². The van der Waals surface area contributed by atoms with Gasteiger partial charge < -0.3 is 9.30 Å². The molecule has 0 N–H and O–H groups in total. The Kier molecular flexibility index (Phi) is 7.53. The molecule has 188 valence electrons. The number of aryl methyl sites for hydroxylation is 1. The fourth-order valence-corrected chi connectivity index (χ4v) is 6.89. The molecule has 0 saturated carbocycles. The van der Waals surface area contributed by atoms with Crippen LogP contribution in [0.5, 0.6) is 0 Å². The summed E-state index contributed by atoms with van der Waals surface area (Å²) >= 11 is 0. The quantitative estimate of drug-likeness (QED) is 0.439. The molecule has 0 aliphatic carbocycles. The van der Waals surface area contributed by atoms with Gasteiger partial charge in [-0.25, -0.2) is 13.4 Å². The molecular formula is C27H36N4O3S. The van der Waals surface area contributed by atoms with Crippen molar-refractivity contribution in [1.82, 2.24) is 18.8 Å². The van der Waals surface area contributed by atoms with Crippen LogP contribution in [0, 0.1) is 0 Å². The third-order valence-electron chi connectivity index (χ3n) is 7.17. The first-order valence-electron chi connectivity index (χ1n) is 12.9. The van der Waals surface area contributed by atoms with Crippen LogP contribution in [0.15, 0.2) is 53.4 Å². The van der Waals surface area contributed by atoms with Crippen LogP contribution in [0.1, 0.15) is 50.4 Å². The van der Waals surface area contributed by atoms with E-state index in [0.29, 0.717) is 24.5 Å². The first-order valence-corrected chi connectivity index (χ1v) is 14.4. The maximum absolute atomic E-state index is 13.2. The number of hydrogen-bond donors (Lipinski definition) is 0. The van der Waals surface area contributed by atoms with E-state index in [1.807, 2.05) is 12.1 Å². The summed E-state index contributed by atoms with van der Waals surface area (Å²) in [4.78, 5) is 7.71. The van der Waals surface area contributed by atoms with Crippen molar-refractivity contribution in [3.8, 4) is 0 Å². The Balaban J connectivity index is 1.43. The van der Waals surface area contributed by atoms with Crippen molar-refractivity contribution in [3.63, 3.8) is 0 Å². The number of piperidine rings is 1. The van der Waals surface area contributed by atoms with E-state index in [-0.39, 0.29) is 6.10 Å². The number of benzene rings is 2. The highest BCUT2D eigenvalue weighted by Gasteiger charge is 2.27. The molecule has 0 bridgehead atoms. The lowest BCUT2D eigenvalue weighted by Gasteiger charge is -2.25. The van der Waals surface area contributed by atoms with Gasteiger partial charge in [-0.05, 0) is 56.4 Å². The van der Waals surface area contributed by atoms with Gasteiger partial charge in [-0.3, -0.25) is 4.90 Å². The van der Waals surface area contributed by atoms with Gasteiger partial charge in [0.05, 0.1) is 28.6 Å². The average molecular weight is 497 g/mol. The lowest BCUT2D eigenvalue weighted by Crippen LogP contribution is -2.35. The van der Waals surface area contributed by atoms with Crippen molar-refractivity contribution < 1.29 is 13.2 Å². The molecule has 0 amide bonds. The van der Waals surface area contributed by atoms with E-state index in [1.54, 1.807) is 16.4 Å². The minimum Gasteiger partial charge on any atom is -0.377 e. The predicted octanol–water partition coefficient (Wildman–Crippen LogP) is 4.41. The molecule has 1 unspecified atom stereocenters. The predicted molar refractivity (Wildman–Crippen MR) is 138 cm³/mol. The van der Waals surface area contributed by atoms with E-state index in [1.165, 1.54) is 5.56 Å². The van der Waals surface area contributed by atoms with Crippen LogP contribution in [-0.4, -0.2) is 59.5 Å². The molecule has 3 aromatic rings. The lowest BCUT2D eigenvalue weighted by molar-refractivity contribution is 0.0667. The number of aromatic nitrogens is 2. The van der Waals surface area contributed by atoms with E-state index < -0.39 is 10.0 Å². The molecule has 3 heterocycles. The molecule has 2 aliphatic heterocycles. The van der Waals surface area contributed by atoms with Crippen molar-refractivity contribution in [2.75, 3.05) is 26.2 Å². The molecule has 1 aromatic heterocycles. The SMILES string of the molecule is CCn1c(CN(Cc2ccccc2)CC2CCCO2)nc2cc(S(=O)(=O)N3CCCCC3)ccc21. The molecule has 2 fully saturated rings. The van der Waals surface area contributed by atoms with E-state index in [9.17, 15) is 8.42 Å². The first kappa shape index (κ1) is 24.4. The van der Waals surface area contributed by atoms with Gasteiger partial charge in [-0.1, -0.05) is 36.8 Å². The number of fused-ring (bicyclic) bond motifs is 1. The summed E-state index contributed by atoms with van der Waals surface area (Å²) in [5.41, 5.74) is 2.99. The Morgan fingerprint density at radius 2 is 1.83 bits per heavy atom. The van der Waals surface area contributed by atoms with E-state index >= 15 is 0 Å². The Bertz CT molecular complexity index is 1230. The fourth-order valence-electron chi connectivity index (χ4n) is 5.35. The summed E-state index contributed by atoms with van der Waals surface area (Å²) in [5, 5.41) is 0. The standard InChI is InChI=1S/C27H36N4O3S/c1-2-31-26-14-13-24(35(32,33)30-15-7-4-8-16-30)18-25(26)28-27(31)21-29(20-23-12-9-17-34-23)19-22-10-5-3-6-11-22/h3,5-6,10-11,13-14,18,23H,2,4,7-9,12,15-17,19-21H2,1H3. The molecule has 1 atom stereocenters. The van der Waals surface area contributed by atoms with Crippen molar-refractivity contribution in [2.24, 2.45) is 0 Å². The van der Waals surface area contributed by atoms with Crippen molar-refractivity contribution in [3.05, 3.63) is 59.9 Å². The summed E-state index contributed by atoms with van der Waals surface area (Å²) in [6.07, 6.45) is 5.41. The van der Waals surface area contributed by atoms with Gasteiger partial charge in [0, 0.05) is 39.3 Å². The molecule has 2 aromatic carbocycles. The maximum atomic E-state index is 13.2. The number of ether oxygens (including phenoxy) is 1. The number of rotatable bonds is 9. The van der Waals surface area contributed by atoms with Gasteiger partial charge in [0.25, 0.3) is 0 Å². The van der Waals surface area contributed by atoms with Crippen LogP contribution in [-0.2, 0) is 34.4 Å². The number of sulfonamides is 1. The second-order valence-electron chi connectivity index (χ2n) is 9.68. The molecule has 8 heteroatoms. The lowest BCUT2D eigenvalue weighted by atomic mass is 10.2. The van der Waals surface area contributed by atoms with Gasteiger partial charge in [0.2, 0.25) is 10.0 Å². The molecule has 2 aliphatic rings. The van der Waals surface area contributed by atoms with Crippen molar-refractivity contribution in [1.29, 1.82) is 0 Å². The zero-order valence-electron chi connectivity index (χ0n) is 20.6. The van der Waals surface area contributed by atoms with E-state index in [4.69, 9.17) is 9.72 Å². The molecule has 0 spiro atoms. The molecule has 2 saturated heterocycles. The Labute approximate surface area is 208 Å². The smallest absolute Gasteiger partial charge is 0.243 e. The highest BCUT2D eigenvalue weighted by Crippen LogP contribution is 2.26. The summed E-state index contributed by atoms with van der Waals surface area (Å²) < 4.78 is 36.2. The van der Waals surface area contributed by atoms with Crippen molar-refractivity contribution >= 4 is 21.1 Å². The highest BCUT2D eigenvalue weighted by atomic mass is 32.2. The van der Waals surface area contributed by atoms with Crippen molar-refractivity contribution in [2.45, 2.75) is 69.7 Å². The van der Waals surface area contributed by atoms with Gasteiger partial charge in [0.1, 0.15) is 5.82 Å². The first-order chi connectivity index (χ1) is 17.0. The summed E-state index contributed by atoms with van der Waals surface area (Å²) in [7, 11) is -3.49. The highest BCUT2D eigenvalue weighted by molar-refractivity contribution is 7.89. The van der Waals surface area contributed by atoms with E-state index in [0.717, 1.165) is 75.2 Å². The van der Waals surface area contributed by atoms with Gasteiger partial charge in [0.15, 0.2) is 0 Å². The van der Waals surface area contributed by atoms with Crippen LogP contribution in [0.25, 0.3) is 11.0 Å². The van der Waals surface area contributed by atoms with Crippen LogP contribution in [0.3, 0.4) is 0 Å². The van der Waals surface area contributed by atoms with Crippen LogP contribution < -0.4 is 0 Å². The minimum absolute atomic E-state index is 0.249. The Hall–Kier alpha value is -2.26. The van der Waals surface area contributed by atoms with Crippen LogP contribution >= 0.6 is 0 Å². The number of nitrogens with zero attached hydrogens (tertiary/aromatic N) is 4. The molecular weight excluding hydrogens is 460 g/mol. The zero-order chi connectivity index (χ0) is 24.3. The summed E-state index contributed by atoms with van der Waals surface area (Å²) in [5.74, 6) is 0.962. The Morgan fingerprint density at radius 1 is 1.03 bits per heavy atom. The average Bonchev–Trinajstić information content (AvgIpc) is 3.51. The molecule has 7 nitrogen and oxygen atoms in total. The van der Waals surface area contributed by atoms with Crippen LogP contribution in [0.2, 0.25) is 0 Å². The number of hydrogen-bond acceptors (Lipinski definition) is 5. The van der Waals surface area contributed by atoms with Crippen LogP contribution in [0.4, 0.5) is 0 Å². The molecule has 5 rings (SSSR count). The molecule has 0 radical (unpaired) electrons. The third-order valence-corrected chi connectivity index (χ3v) is 9.06. The zero-order valence-corrected chi connectivity index (χ0v) is 21.4. The second kappa shape index (κ2) is 10.8. The molecule has 35 heavy (non-hydrogen) atoms. The monoisotopic (exact) mass is 496 g/mol. The maximum Gasteiger partial charge on any atom is 0.243 e. The normalized spacial score (nSPS) is 19.7. The summed E-state index contributed by atoms with van der Waals surface area (Å²) in [6, 6.07) is 15.9. The largest absolute Gasteiger partial charge is 0.377 e. The van der Waals surface area contributed by atoms with E-state index in [2.05, 4.69) is 40.7 Å².